The Hall–Kier alpha value is -9.49. The minimum atomic E-state index is -1.61. The second-order valence-corrected chi connectivity index (χ2v) is 51.8. The van der Waals surface area contributed by atoms with Gasteiger partial charge in [-0.15, -0.1) is 6.58 Å². The van der Waals surface area contributed by atoms with Crippen LogP contribution in [-0.4, -0.2) is 169 Å². The molecule has 814 valence electrons. The molecule has 6 rings (SSSR count). The third-order valence-corrected chi connectivity index (χ3v) is 29.5. The molecule has 0 heterocycles. The summed E-state index contributed by atoms with van der Waals surface area (Å²) in [4.78, 5) is 125. The number of Topliss-reactive ketones (excluding diaryl/α,β-unsaturated/α-hetero) is 8. The number of esters is 3. The van der Waals surface area contributed by atoms with Gasteiger partial charge in [0.25, 0.3) is 0 Å². The Morgan fingerprint density at radius 1 is 0.363 bits per heavy atom. The first-order chi connectivity index (χ1) is 66.6. The van der Waals surface area contributed by atoms with E-state index in [1.54, 1.807) is 139 Å². The highest BCUT2D eigenvalue weighted by molar-refractivity contribution is 7.85. The average molecular weight is 2150 g/mol. The van der Waals surface area contributed by atoms with E-state index in [1.807, 2.05) is 41.5 Å². The number of ketones is 8. The number of hydrogen-bond donors (Lipinski definition) is 8. The normalized spacial score (nSPS) is 15.3. The van der Waals surface area contributed by atoms with Gasteiger partial charge in [-0.2, -0.15) is 4.40 Å². The van der Waals surface area contributed by atoms with Crippen molar-refractivity contribution in [1.82, 2.24) is 18.9 Å². The molecule has 0 bridgehead atoms. The Morgan fingerprint density at radius 2 is 0.616 bits per heavy atom. The maximum Gasteiger partial charge on any atom is 0.303 e. The Labute approximate surface area is 869 Å². The molecule has 0 saturated carbocycles. The predicted octanol–water partition coefficient (Wildman–Crippen LogP) is 15.9. The number of hydrogen-bond acceptors (Lipinski definition) is 23. The number of nitrogens with zero attached hydrogens (tertiary/aromatic N) is 1. The van der Waals surface area contributed by atoms with Crippen LogP contribution in [0.5, 0.6) is 0 Å². The number of nitrogens with one attached hydrogen (secondary N) is 4. The maximum absolute atomic E-state index is 14.7. The highest BCUT2D eigenvalue weighted by Crippen LogP contribution is 2.38. The molecule has 0 aliphatic carbocycles. The lowest BCUT2D eigenvalue weighted by molar-refractivity contribution is -0.146. The first-order valence-electron chi connectivity index (χ1n) is 46.9. The zero-order valence-electron chi connectivity index (χ0n) is 89.9. The Kier molecular flexibility index (Phi) is 54.5. The van der Waals surface area contributed by atoms with Crippen LogP contribution in [0.1, 0.15) is 307 Å². The van der Waals surface area contributed by atoms with Crippen molar-refractivity contribution in [2.45, 2.75) is 342 Å². The van der Waals surface area contributed by atoms with E-state index >= 15 is 0 Å². The van der Waals surface area contributed by atoms with E-state index < -0.39 is 197 Å². The van der Waals surface area contributed by atoms with Gasteiger partial charge in [0, 0.05) is 111 Å². The molecule has 6 aromatic rings. The van der Waals surface area contributed by atoms with Crippen LogP contribution in [-0.2, 0) is 188 Å². The van der Waals surface area contributed by atoms with Crippen molar-refractivity contribution in [3.8, 4) is 0 Å². The van der Waals surface area contributed by atoms with Crippen molar-refractivity contribution in [3.05, 3.63) is 224 Å². The quantitative estimate of drug-likeness (QED) is 0.00579. The minimum absolute atomic E-state index is 0.00965. The minimum Gasteiger partial charge on any atom is -0.463 e. The highest BCUT2D eigenvalue weighted by Gasteiger charge is 2.42. The molecule has 9 N–H and O–H groups in total. The first kappa shape index (κ1) is 135. The molecular formula is C107H152F6N6O22S5. The molecule has 146 heavy (non-hydrogen) atoms. The largest absolute Gasteiger partial charge is 0.463 e. The van der Waals surface area contributed by atoms with Crippen LogP contribution in [0.25, 0.3) is 0 Å². The third kappa shape index (κ3) is 48.9. The standard InChI is InChI=1S/C20H30FNO5S.C20H28FNO5S.C18H28FNO4S.C18H26FNO2S.C16H20FNO4.C15H20FNO2S/c2*1-13(23)9-15-7-8-18(21)17(10-15)20(6,22-28(26)19(3,4)5)11-16(25)12-27-14(2)24;1-12(22)8-13-6-7-16(19)15(9-13)18(5,10-14(23)11-21)20-25(24)17(2,3)4;1-7-10-18(6,20-23(22)17(3,4)5)15-12-14(11-13(2)21)8-9-16(15)19;1-10(19)6-12-4-5-15(17)14(7-12)16(3,18)8-13(21)9-22-11(2)20;1-10(18)8-12-6-7-14(16)13(9-12)11(2)17-20(19)15(3,4)5/h7-8,10,16,22,25H,9,11-12H2,1-6H3;7-8,10,22H,9,11-12H2,1-6H3;6-7,9,14,20-21,23H,8,10-11H2,1-5H3;7-9,12,20H,1,10-11H2,2-6H3;4-5,7H,6,8-9,18H2,1-3H3;6-7,9H,8H2,1-5H3/t16?,20-,28+;20-,28+;14?,18-,25+;18-,23+;16-;20-/m000001/s1. The summed E-state index contributed by atoms with van der Waals surface area (Å²) in [7, 11) is -7.50. The SMILES string of the molecule is C=CC[C@](C)(N[S@](=O)C(C)(C)C)c1cc(CC(C)=O)ccc1F.CC(=O)Cc1ccc(F)c(C(C)=N[S@](=O)C(C)(C)C)c1.CC(=O)Cc1ccc(F)c([C@@](C)(N)CC(=O)COC(C)=O)c1.CC(=O)Cc1ccc(F)c([C@](C)(CC(=O)COC(C)=O)N[S@](=O)C(C)(C)C)c1.CC(=O)Cc1ccc(F)c([C@](C)(CC(O)CO)N[S@](=O)C(C)(C)C)c1.CC(=O)Cc1ccc(F)c([C@](C)(CC(O)COC(C)=O)N[S@](=O)C(C)(C)C)c1. The van der Waals surface area contributed by atoms with Crippen LogP contribution in [0.2, 0.25) is 0 Å². The number of rotatable bonds is 44. The van der Waals surface area contributed by atoms with Crippen LogP contribution in [0.3, 0.4) is 0 Å². The molecule has 0 radical (unpaired) electrons. The number of nitrogens with two attached hydrogens (primary N) is 1. The number of aliphatic hydroxyl groups is 3. The smallest absolute Gasteiger partial charge is 0.303 e. The molecule has 0 aliphatic heterocycles. The molecule has 0 fully saturated rings. The van der Waals surface area contributed by atoms with Crippen LogP contribution in [0, 0.1) is 34.9 Å². The number of ether oxygens (including phenoxy) is 3. The zero-order chi connectivity index (χ0) is 113. The monoisotopic (exact) mass is 2150 g/mol. The van der Waals surface area contributed by atoms with Crippen LogP contribution in [0.4, 0.5) is 26.3 Å². The van der Waals surface area contributed by atoms with E-state index in [1.165, 1.54) is 142 Å². The van der Waals surface area contributed by atoms with Crippen LogP contribution >= 0.6 is 0 Å². The van der Waals surface area contributed by atoms with Crippen molar-refractivity contribution < 1.29 is 130 Å². The molecule has 0 aromatic heterocycles. The summed E-state index contributed by atoms with van der Waals surface area (Å²) < 4.78 is 176. The van der Waals surface area contributed by atoms with E-state index in [0.717, 1.165) is 11.1 Å². The predicted molar refractivity (Wildman–Crippen MR) is 562 cm³/mol. The summed E-state index contributed by atoms with van der Waals surface area (Å²) in [6, 6.07) is 26.3. The number of aliphatic hydroxyl groups excluding tert-OH is 3. The molecule has 0 spiro atoms. The zero-order valence-corrected chi connectivity index (χ0v) is 94.0. The van der Waals surface area contributed by atoms with Gasteiger partial charge < -0.3 is 35.3 Å². The average Bonchev–Trinajstić information content (AvgIpc) is 0.790. The third-order valence-electron chi connectivity index (χ3n) is 21.0. The number of carbonyl (C=O) groups is 11. The summed E-state index contributed by atoms with van der Waals surface area (Å²) in [5, 5.41) is 29.4. The summed E-state index contributed by atoms with van der Waals surface area (Å²) in [5.41, 5.74) is 5.88. The maximum atomic E-state index is 14.7. The van der Waals surface area contributed by atoms with E-state index in [4.69, 9.17) is 15.2 Å². The van der Waals surface area contributed by atoms with Gasteiger partial charge in [-0.05, 0) is 282 Å². The van der Waals surface area contributed by atoms with E-state index in [-0.39, 0.29) is 134 Å². The van der Waals surface area contributed by atoms with Crippen LogP contribution < -0.4 is 24.6 Å². The molecule has 39 heteroatoms. The lowest BCUT2D eigenvalue weighted by Gasteiger charge is -2.35. The molecule has 2 unspecified atom stereocenters. The first-order valence-corrected chi connectivity index (χ1v) is 52.6. The number of carbonyl (C=O) groups excluding carboxylic acids is 11. The van der Waals surface area contributed by atoms with Crippen molar-refractivity contribution in [1.29, 1.82) is 0 Å². The van der Waals surface area contributed by atoms with Crippen LogP contribution in [0.15, 0.2) is 126 Å². The highest BCUT2D eigenvalue weighted by atomic mass is 32.2. The molecule has 6 aromatic carbocycles. The van der Waals surface area contributed by atoms with Gasteiger partial charge in [0.1, 0.15) is 100 Å². The molecule has 0 aliphatic rings. The van der Waals surface area contributed by atoms with E-state index in [9.17, 15) is 115 Å². The number of benzene rings is 6. The summed E-state index contributed by atoms with van der Waals surface area (Å²) in [6.45, 7) is 51.1. The fraction of sp³-hybridized carbons (Fsp3) is 0.533. The van der Waals surface area contributed by atoms with Gasteiger partial charge in [0.2, 0.25) is 0 Å². The fourth-order valence-electron chi connectivity index (χ4n) is 13.7. The van der Waals surface area contributed by atoms with Gasteiger partial charge in [0.15, 0.2) is 11.6 Å². The van der Waals surface area contributed by atoms with Gasteiger partial charge in [-0.1, -0.05) is 72.8 Å². The molecule has 0 amide bonds. The lowest BCUT2D eigenvalue weighted by atomic mass is 9.85. The second-order valence-electron chi connectivity index (χ2n) is 42.1. The van der Waals surface area contributed by atoms with Crippen molar-refractivity contribution >= 4 is 125 Å². The Morgan fingerprint density at radius 3 is 0.897 bits per heavy atom. The van der Waals surface area contributed by atoms with Gasteiger partial charge in [-0.3, -0.25) is 52.7 Å². The van der Waals surface area contributed by atoms with E-state index in [0.29, 0.717) is 45.5 Å². The molecular weight excluding hydrogens is 2000 g/mol. The summed E-state index contributed by atoms with van der Waals surface area (Å²) in [6.07, 6.45) is 0.451. The van der Waals surface area contributed by atoms with Crippen molar-refractivity contribution in [2.24, 2.45) is 10.1 Å². The van der Waals surface area contributed by atoms with E-state index in [2.05, 4.69) is 34.6 Å². The Bertz CT molecular complexity index is 5740. The van der Waals surface area contributed by atoms with Gasteiger partial charge in [0.05, 0.1) is 114 Å². The van der Waals surface area contributed by atoms with Gasteiger partial charge >= 0.3 is 17.9 Å². The molecule has 12 atom stereocenters. The Balaban J connectivity index is 0.000000879. The molecule has 28 nitrogen and oxygen atoms in total. The second kappa shape index (κ2) is 59.2. The van der Waals surface area contributed by atoms with Crippen molar-refractivity contribution in [3.63, 3.8) is 0 Å². The van der Waals surface area contributed by atoms with Gasteiger partial charge in [-0.25, -0.2) is 66.3 Å². The number of halogens is 6. The fourth-order valence-corrected chi connectivity index (χ4v) is 18.0. The lowest BCUT2D eigenvalue weighted by Crippen LogP contribution is -2.49. The summed E-state index contributed by atoms with van der Waals surface area (Å²) >= 11 is 0. The van der Waals surface area contributed by atoms with Crippen molar-refractivity contribution in [2.75, 3.05) is 26.4 Å². The topological polar surface area (TPSA) is 448 Å². The molecule has 0 saturated heterocycles. The summed E-state index contributed by atoms with van der Waals surface area (Å²) in [5.74, 6) is -5.83.